The van der Waals surface area contributed by atoms with Gasteiger partial charge in [0, 0.05) is 17.1 Å². The lowest BCUT2D eigenvalue weighted by molar-refractivity contribution is -0.143. The minimum absolute atomic E-state index is 0. The lowest BCUT2D eigenvalue weighted by Crippen LogP contribution is -2.17. The molecule has 0 fully saturated rings. The summed E-state index contributed by atoms with van der Waals surface area (Å²) >= 11 is 6.22. The van der Waals surface area contributed by atoms with Gasteiger partial charge in [0.05, 0.1) is 6.54 Å². The Hall–Kier alpha value is -0.140. The van der Waals surface area contributed by atoms with Gasteiger partial charge in [-0.2, -0.15) is 0 Å². The van der Waals surface area contributed by atoms with E-state index in [0.29, 0.717) is 25.0 Å². The Labute approximate surface area is 120 Å². The second kappa shape index (κ2) is 18.2. The van der Waals surface area contributed by atoms with Gasteiger partial charge in [0.15, 0.2) is 0 Å². The van der Waals surface area contributed by atoms with Gasteiger partial charge >= 0.3 is 11.9 Å². The number of carbonyl (C=O) groups excluding carboxylic acids is 2. The van der Waals surface area contributed by atoms with Crippen LogP contribution in [0.4, 0.5) is 0 Å². The van der Waals surface area contributed by atoms with E-state index in [9.17, 15) is 9.59 Å². The van der Waals surface area contributed by atoms with Crippen LogP contribution >= 0.6 is 31.9 Å². The molecule has 0 aromatic carbocycles. The van der Waals surface area contributed by atoms with Crippen LogP contribution in [0.1, 0.15) is 20.8 Å². The maximum absolute atomic E-state index is 10.3. The average molecular weight is 379 g/mol. The first-order valence-corrected chi connectivity index (χ1v) is 6.99. The van der Waals surface area contributed by atoms with Crippen LogP contribution in [-0.4, -0.2) is 42.4 Å². The molecule has 0 aliphatic heterocycles. The SMILES string of the molecule is C.CCC(=O)OCCBr.NCC(=O)OCCBr. The predicted octanol–water partition coefficient (Wildman–Crippen LogP) is 1.85. The van der Waals surface area contributed by atoms with Gasteiger partial charge in [-0.3, -0.25) is 9.59 Å². The summed E-state index contributed by atoms with van der Waals surface area (Å²) in [4.78, 5) is 20.5. The van der Waals surface area contributed by atoms with Crippen molar-refractivity contribution >= 4 is 43.8 Å². The lowest BCUT2D eigenvalue weighted by atomic mass is 10.5. The molecule has 0 aromatic rings. The van der Waals surface area contributed by atoms with Crippen molar-refractivity contribution in [3.8, 4) is 0 Å². The monoisotopic (exact) mass is 377 g/mol. The summed E-state index contributed by atoms with van der Waals surface area (Å²) in [6.45, 7) is 2.62. The third-order valence-electron chi connectivity index (χ3n) is 1.14. The lowest BCUT2D eigenvalue weighted by Gasteiger charge is -1.96. The molecule has 2 N–H and O–H groups in total. The summed E-state index contributed by atoms with van der Waals surface area (Å²) < 4.78 is 9.18. The number of alkyl halides is 2. The topological polar surface area (TPSA) is 78.6 Å². The smallest absolute Gasteiger partial charge is 0.319 e. The summed E-state index contributed by atoms with van der Waals surface area (Å²) in [5, 5.41) is 1.39. The van der Waals surface area contributed by atoms with E-state index in [1.165, 1.54) is 0 Å². The Bertz CT molecular complexity index is 171. The Balaban J connectivity index is -0.000000218. The first-order chi connectivity index (χ1) is 7.62. The highest BCUT2D eigenvalue weighted by atomic mass is 79.9. The average Bonchev–Trinajstić information content (AvgIpc) is 2.33. The third-order valence-corrected chi connectivity index (χ3v) is 1.78. The zero-order valence-electron chi connectivity index (χ0n) is 9.21. The molecule has 17 heavy (non-hydrogen) atoms. The first kappa shape index (κ1) is 22.1. The number of ether oxygens (including phenoxy) is 2. The van der Waals surface area contributed by atoms with E-state index < -0.39 is 0 Å². The van der Waals surface area contributed by atoms with E-state index in [-0.39, 0.29) is 25.9 Å². The number of hydrogen-bond acceptors (Lipinski definition) is 5. The number of nitrogens with two attached hydrogens (primary N) is 1. The molecule has 0 heterocycles. The van der Waals surface area contributed by atoms with E-state index in [0.717, 1.165) is 5.33 Å². The van der Waals surface area contributed by atoms with Crippen molar-refractivity contribution in [2.24, 2.45) is 5.73 Å². The van der Waals surface area contributed by atoms with Crippen LogP contribution < -0.4 is 5.73 Å². The summed E-state index contributed by atoms with van der Waals surface area (Å²) in [7, 11) is 0. The molecule has 0 bridgehead atoms. The van der Waals surface area contributed by atoms with Crippen molar-refractivity contribution in [1.82, 2.24) is 0 Å². The zero-order chi connectivity index (χ0) is 12.8. The molecular formula is C10H21Br2NO4. The Morgan fingerprint density at radius 2 is 1.47 bits per heavy atom. The van der Waals surface area contributed by atoms with Crippen molar-refractivity contribution in [2.45, 2.75) is 20.8 Å². The maximum atomic E-state index is 10.3. The zero-order valence-corrected chi connectivity index (χ0v) is 12.4. The molecule has 104 valence electrons. The van der Waals surface area contributed by atoms with Crippen LogP contribution in [0.5, 0.6) is 0 Å². The highest BCUT2D eigenvalue weighted by Crippen LogP contribution is 1.86. The Morgan fingerprint density at radius 3 is 1.76 bits per heavy atom. The molecule has 0 spiro atoms. The molecule has 0 aliphatic rings. The summed E-state index contributed by atoms with van der Waals surface area (Å²) in [5.41, 5.74) is 4.92. The molecule has 0 radical (unpaired) electrons. The quantitative estimate of drug-likeness (QED) is 0.563. The minimum atomic E-state index is -0.357. The van der Waals surface area contributed by atoms with Crippen molar-refractivity contribution in [3.05, 3.63) is 0 Å². The highest BCUT2D eigenvalue weighted by molar-refractivity contribution is 9.09. The molecule has 0 unspecified atom stereocenters. The van der Waals surface area contributed by atoms with Crippen molar-refractivity contribution in [2.75, 3.05) is 30.4 Å². The van der Waals surface area contributed by atoms with E-state index >= 15 is 0 Å². The van der Waals surface area contributed by atoms with Gasteiger partial charge in [-0.1, -0.05) is 46.2 Å². The molecular weight excluding hydrogens is 358 g/mol. The van der Waals surface area contributed by atoms with Crippen LogP contribution in [0.2, 0.25) is 0 Å². The largest absolute Gasteiger partial charge is 0.465 e. The van der Waals surface area contributed by atoms with Gasteiger partial charge in [-0.05, 0) is 0 Å². The van der Waals surface area contributed by atoms with Gasteiger partial charge in [0.1, 0.15) is 13.2 Å². The summed E-state index contributed by atoms with van der Waals surface area (Å²) in [6, 6.07) is 0. The van der Waals surface area contributed by atoms with E-state index in [1.54, 1.807) is 6.92 Å². The Morgan fingerprint density at radius 1 is 1.06 bits per heavy atom. The number of hydrogen-bond donors (Lipinski definition) is 1. The summed E-state index contributed by atoms with van der Waals surface area (Å²) in [5.74, 6) is -0.492. The molecule has 0 aromatic heterocycles. The highest BCUT2D eigenvalue weighted by Gasteiger charge is 1.94. The van der Waals surface area contributed by atoms with Crippen LogP contribution in [0.15, 0.2) is 0 Å². The number of rotatable bonds is 6. The van der Waals surface area contributed by atoms with E-state index in [4.69, 9.17) is 5.73 Å². The first-order valence-electron chi connectivity index (χ1n) is 4.75. The van der Waals surface area contributed by atoms with Crippen molar-refractivity contribution in [3.63, 3.8) is 0 Å². The maximum Gasteiger partial charge on any atom is 0.319 e. The Kier molecular flexibility index (Phi) is 23.7. The fourth-order valence-corrected chi connectivity index (χ4v) is 0.790. The molecule has 0 rings (SSSR count). The van der Waals surface area contributed by atoms with E-state index in [2.05, 4.69) is 41.3 Å². The molecule has 0 saturated carbocycles. The molecule has 5 nitrogen and oxygen atoms in total. The van der Waals surface area contributed by atoms with E-state index in [1.807, 2.05) is 0 Å². The van der Waals surface area contributed by atoms with Crippen LogP contribution in [0.25, 0.3) is 0 Å². The molecule has 0 amide bonds. The fraction of sp³-hybridized carbons (Fsp3) is 0.800. The second-order valence-corrected chi connectivity index (χ2v) is 3.96. The van der Waals surface area contributed by atoms with Gasteiger partial charge in [-0.25, -0.2) is 0 Å². The number of carbonyl (C=O) groups is 2. The van der Waals surface area contributed by atoms with Crippen LogP contribution in [0.3, 0.4) is 0 Å². The molecule has 0 atom stereocenters. The van der Waals surface area contributed by atoms with Crippen molar-refractivity contribution < 1.29 is 19.1 Å². The third kappa shape index (κ3) is 21.7. The van der Waals surface area contributed by atoms with Gasteiger partial charge in [0.25, 0.3) is 0 Å². The van der Waals surface area contributed by atoms with Crippen LogP contribution in [-0.2, 0) is 19.1 Å². The number of esters is 2. The molecule has 0 aliphatic carbocycles. The standard InChI is InChI=1S/C5H9BrO2.C4H8BrNO2.CH4/c1-2-5(7)8-4-3-6;5-1-2-8-4(7)3-6;/h2-4H2,1H3;1-3,6H2;1H4. The van der Waals surface area contributed by atoms with Gasteiger partial charge in [-0.15, -0.1) is 0 Å². The minimum Gasteiger partial charge on any atom is -0.465 e. The van der Waals surface area contributed by atoms with Crippen LogP contribution in [0, 0.1) is 0 Å². The van der Waals surface area contributed by atoms with Crippen molar-refractivity contribution in [1.29, 1.82) is 0 Å². The predicted molar refractivity (Wildman–Crippen MR) is 75.6 cm³/mol. The summed E-state index contributed by atoms with van der Waals surface area (Å²) in [6.07, 6.45) is 0.465. The van der Waals surface area contributed by atoms with Gasteiger partial charge < -0.3 is 15.2 Å². The molecule has 7 heteroatoms. The fourth-order valence-electron chi connectivity index (χ4n) is 0.466. The number of halogens is 2. The normalized spacial score (nSPS) is 8.24. The van der Waals surface area contributed by atoms with Gasteiger partial charge in [0.2, 0.25) is 0 Å². The second-order valence-electron chi connectivity index (χ2n) is 2.38. The molecule has 0 saturated heterocycles.